The van der Waals surface area contributed by atoms with Crippen LogP contribution in [0.25, 0.3) is 6.08 Å². The van der Waals surface area contributed by atoms with Gasteiger partial charge in [-0.05, 0) is 42.0 Å². The van der Waals surface area contributed by atoms with Crippen molar-refractivity contribution >= 4 is 17.7 Å². The fraction of sp³-hybridized carbons (Fsp3) is 0.591. The number of benzene rings is 1. The summed E-state index contributed by atoms with van der Waals surface area (Å²) in [4.78, 5) is 16.3. The smallest absolute Gasteiger partial charge is 0.311 e. The van der Waals surface area contributed by atoms with E-state index in [1.807, 2.05) is 0 Å². The molecule has 2 aliphatic rings. The van der Waals surface area contributed by atoms with Crippen LogP contribution in [0.2, 0.25) is 0 Å². The molecular weight excluding hydrogens is 324 g/mol. The molecule has 3 rings (SSSR count). The molecule has 1 aromatic rings. The molecule has 26 heavy (non-hydrogen) atoms. The summed E-state index contributed by atoms with van der Waals surface area (Å²) in [5.41, 5.74) is 5.62. The monoisotopic (exact) mass is 356 g/mol. The summed E-state index contributed by atoms with van der Waals surface area (Å²) >= 11 is 0. The van der Waals surface area contributed by atoms with E-state index in [1.165, 1.54) is 42.3 Å². The van der Waals surface area contributed by atoms with Crippen LogP contribution in [-0.4, -0.2) is 51.2 Å². The Balaban J connectivity index is 1.65. The molecule has 0 radical (unpaired) electrons. The highest BCUT2D eigenvalue weighted by molar-refractivity contribution is 5.74. The number of anilines is 1. The molecule has 0 spiro atoms. The van der Waals surface area contributed by atoms with Crippen molar-refractivity contribution < 1.29 is 9.53 Å². The average molecular weight is 357 g/mol. The van der Waals surface area contributed by atoms with Crippen LogP contribution in [0.5, 0.6) is 0 Å². The van der Waals surface area contributed by atoms with Gasteiger partial charge in [-0.15, -0.1) is 0 Å². The van der Waals surface area contributed by atoms with Gasteiger partial charge in [-0.2, -0.15) is 0 Å². The van der Waals surface area contributed by atoms with E-state index in [2.05, 4.69) is 55.0 Å². The van der Waals surface area contributed by atoms with Gasteiger partial charge in [0.05, 0.1) is 13.0 Å². The van der Waals surface area contributed by atoms with Crippen LogP contribution < -0.4 is 4.90 Å². The zero-order chi connectivity index (χ0) is 18.7. The molecule has 1 aliphatic heterocycles. The third kappa shape index (κ3) is 4.12. The first-order chi connectivity index (χ1) is 12.5. The summed E-state index contributed by atoms with van der Waals surface area (Å²) in [5, 5.41) is 0. The summed E-state index contributed by atoms with van der Waals surface area (Å²) in [6, 6.07) is 6.88. The van der Waals surface area contributed by atoms with Gasteiger partial charge in [0, 0.05) is 38.9 Å². The van der Waals surface area contributed by atoms with Crippen LogP contribution in [0.4, 0.5) is 5.69 Å². The van der Waals surface area contributed by atoms with Gasteiger partial charge in [-0.3, -0.25) is 9.69 Å². The van der Waals surface area contributed by atoms with Crippen LogP contribution in [0.1, 0.15) is 37.8 Å². The minimum Gasteiger partial charge on any atom is -0.469 e. The van der Waals surface area contributed by atoms with Gasteiger partial charge in [-0.1, -0.05) is 38.0 Å². The second-order valence-corrected chi connectivity index (χ2v) is 7.90. The Morgan fingerprint density at radius 1 is 1.35 bits per heavy atom. The summed E-state index contributed by atoms with van der Waals surface area (Å²) in [5.74, 6) is 0.542. The second-order valence-electron chi connectivity index (χ2n) is 7.90. The van der Waals surface area contributed by atoms with Crippen molar-refractivity contribution in [3.8, 4) is 0 Å². The molecular formula is C22H32N2O2. The van der Waals surface area contributed by atoms with Gasteiger partial charge < -0.3 is 9.64 Å². The maximum Gasteiger partial charge on any atom is 0.311 e. The van der Waals surface area contributed by atoms with Crippen molar-refractivity contribution in [1.29, 1.82) is 0 Å². The largest absolute Gasteiger partial charge is 0.469 e. The minimum absolute atomic E-state index is 0.0630. The molecule has 1 saturated heterocycles. The summed E-state index contributed by atoms with van der Waals surface area (Å²) in [7, 11) is 3.66. The average Bonchev–Trinajstić information content (AvgIpc) is 2.61. The van der Waals surface area contributed by atoms with Gasteiger partial charge >= 0.3 is 5.97 Å². The fourth-order valence-electron chi connectivity index (χ4n) is 3.95. The number of hydrogen-bond acceptors (Lipinski definition) is 4. The zero-order valence-electron chi connectivity index (χ0n) is 16.6. The first-order valence-corrected chi connectivity index (χ1v) is 9.86. The van der Waals surface area contributed by atoms with Crippen LogP contribution in [-0.2, 0) is 16.0 Å². The highest BCUT2D eigenvalue weighted by atomic mass is 16.5. The normalized spacial score (nSPS) is 20.2. The molecule has 142 valence electrons. The van der Waals surface area contributed by atoms with E-state index in [4.69, 9.17) is 4.74 Å². The SMILES string of the molecule is CCCCN(C)c1ccc2c(c1)C[C@@H](C)C(CN1CC(C(=O)OC)C1)=C2. The minimum atomic E-state index is -0.0722. The van der Waals surface area contributed by atoms with Gasteiger partial charge in [0.25, 0.3) is 0 Å². The lowest BCUT2D eigenvalue weighted by Crippen LogP contribution is -2.51. The molecule has 0 amide bonds. The summed E-state index contributed by atoms with van der Waals surface area (Å²) < 4.78 is 4.83. The Labute approximate surface area is 157 Å². The number of unbranched alkanes of at least 4 members (excludes halogenated alkanes) is 1. The molecule has 4 heteroatoms. The number of rotatable bonds is 7. The van der Waals surface area contributed by atoms with Gasteiger partial charge in [-0.25, -0.2) is 0 Å². The lowest BCUT2D eigenvalue weighted by atomic mass is 9.83. The van der Waals surface area contributed by atoms with Crippen molar-refractivity contribution in [1.82, 2.24) is 4.90 Å². The lowest BCUT2D eigenvalue weighted by molar-refractivity contribution is -0.151. The molecule has 1 aliphatic carbocycles. The third-order valence-corrected chi connectivity index (χ3v) is 5.81. The first-order valence-electron chi connectivity index (χ1n) is 9.86. The van der Waals surface area contributed by atoms with Crippen LogP contribution in [0, 0.1) is 11.8 Å². The number of likely N-dealkylation sites (tertiary alicyclic amines) is 1. The Kier molecular flexibility index (Phi) is 6.02. The molecule has 1 fully saturated rings. The van der Waals surface area contributed by atoms with Crippen LogP contribution in [0.15, 0.2) is 23.8 Å². The van der Waals surface area contributed by atoms with Gasteiger partial charge in [0.1, 0.15) is 0 Å². The lowest BCUT2D eigenvalue weighted by Gasteiger charge is -2.39. The van der Waals surface area contributed by atoms with Crippen LogP contribution >= 0.6 is 0 Å². The number of ether oxygens (including phenoxy) is 1. The van der Waals surface area contributed by atoms with Crippen molar-refractivity contribution in [2.75, 3.05) is 45.2 Å². The molecule has 0 unspecified atom stereocenters. The molecule has 0 bridgehead atoms. The predicted octanol–water partition coefficient (Wildman–Crippen LogP) is 3.60. The standard InChI is InChI=1S/C22H32N2O2/c1-5-6-9-23(3)21-8-7-17-11-19(16(2)10-18(17)12-21)13-24-14-20(15-24)22(25)26-4/h7-8,11-12,16,20H,5-6,9-10,13-15H2,1-4H3/t16-/m1/s1. The summed E-state index contributed by atoms with van der Waals surface area (Å²) in [6.45, 7) is 8.28. The van der Waals surface area contributed by atoms with E-state index in [0.29, 0.717) is 5.92 Å². The second kappa shape index (κ2) is 8.26. The fourth-order valence-corrected chi connectivity index (χ4v) is 3.95. The molecule has 1 atom stereocenters. The molecule has 1 aromatic carbocycles. The highest BCUT2D eigenvalue weighted by Gasteiger charge is 2.34. The van der Waals surface area contributed by atoms with Crippen molar-refractivity contribution in [3.05, 3.63) is 34.9 Å². The molecule has 4 nitrogen and oxygen atoms in total. The number of carbonyl (C=O) groups is 1. The molecule has 0 N–H and O–H groups in total. The Morgan fingerprint density at radius 2 is 2.12 bits per heavy atom. The van der Waals surface area contributed by atoms with Gasteiger partial charge in [0.2, 0.25) is 0 Å². The Hall–Kier alpha value is -1.81. The number of nitrogens with zero attached hydrogens (tertiary/aromatic N) is 2. The number of carbonyl (C=O) groups excluding carboxylic acids is 1. The quantitative estimate of drug-likeness (QED) is 0.699. The number of fused-ring (bicyclic) bond motifs is 1. The first kappa shape index (κ1) is 19.0. The number of methoxy groups -OCH3 is 1. The van der Waals surface area contributed by atoms with E-state index in [0.717, 1.165) is 32.6 Å². The van der Waals surface area contributed by atoms with E-state index in [1.54, 1.807) is 0 Å². The van der Waals surface area contributed by atoms with Crippen molar-refractivity contribution in [2.24, 2.45) is 11.8 Å². The van der Waals surface area contributed by atoms with E-state index >= 15 is 0 Å². The third-order valence-electron chi connectivity index (χ3n) is 5.81. The zero-order valence-corrected chi connectivity index (χ0v) is 16.6. The predicted molar refractivity (Wildman–Crippen MR) is 107 cm³/mol. The maximum absolute atomic E-state index is 11.5. The number of hydrogen-bond donors (Lipinski definition) is 0. The molecule has 0 aromatic heterocycles. The number of esters is 1. The van der Waals surface area contributed by atoms with Crippen molar-refractivity contribution in [3.63, 3.8) is 0 Å². The highest BCUT2D eigenvalue weighted by Crippen LogP contribution is 2.32. The van der Waals surface area contributed by atoms with Crippen molar-refractivity contribution in [2.45, 2.75) is 33.1 Å². The topological polar surface area (TPSA) is 32.8 Å². The summed E-state index contributed by atoms with van der Waals surface area (Å²) in [6.07, 6.45) is 5.93. The van der Waals surface area contributed by atoms with E-state index < -0.39 is 0 Å². The van der Waals surface area contributed by atoms with Gasteiger partial charge in [0.15, 0.2) is 0 Å². The Morgan fingerprint density at radius 3 is 2.81 bits per heavy atom. The Bertz CT molecular complexity index is 677. The molecule has 1 heterocycles. The van der Waals surface area contributed by atoms with Crippen LogP contribution in [0.3, 0.4) is 0 Å². The van der Waals surface area contributed by atoms with E-state index in [9.17, 15) is 4.79 Å². The van der Waals surface area contributed by atoms with E-state index in [-0.39, 0.29) is 11.9 Å². The molecule has 0 saturated carbocycles. The maximum atomic E-state index is 11.5.